The topological polar surface area (TPSA) is 41.9 Å². The Bertz CT molecular complexity index is 1180. The molecular weight excluding hydrogens is 416 g/mol. The van der Waals surface area contributed by atoms with Crippen molar-refractivity contribution in [2.24, 2.45) is 4.99 Å². The fraction of sp³-hybridized carbons (Fsp3) is 0.111. The Morgan fingerprint density at radius 2 is 1.56 bits per heavy atom. The third-order valence-corrected chi connectivity index (χ3v) is 5.87. The first-order chi connectivity index (χ1) is 15.5. The van der Waals surface area contributed by atoms with Gasteiger partial charge in [0.05, 0.1) is 16.3 Å². The van der Waals surface area contributed by atoms with Crippen LogP contribution in [0.3, 0.4) is 0 Å². The van der Waals surface area contributed by atoms with Crippen LogP contribution in [0.4, 0.5) is 11.4 Å². The summed E-state index contributed by atoms with van der Waals surface area (Å²) in [6.07, 6.45) is 3.60. The Balaban J connectivity index is 1.68. The van der Waals surface area contributed by atoms with E-state index in [1.807, 2.05) is 92.7 Å². The summed E-state index contributed by atoms with van der Waals surface area (Å²) in [5.74, 6) is 0.678. The predicted molar refractivity (Wildman–Crippen MR) is 135 cm³/mol. The Labute approximate surface area is 192 Å². The number of benzene rings is 3. The molecule has 0 N–H and O–H groups in total. The van der Waals surface area contributed by atoms with Crippen molar-refractivity contribution in [1.29, 1.82) is 0 Å². The minimum Gasteiger partial charge on any atom is -0.490 e. The lowest BCUT2D eigenvalue weighted by atomic mass is 10.2. The molecule has 4 nitrogen and oxygen atoms in total. The molecule has 0 bridgehead atoms. The quantitative estimate of drug-likeness (QED) is 0.317. The molecule has 4 rings (SSSR count). The van der Waals surface area contributed by atoms with Gasteiger partial charge >= 0.3 is 0 Å². The second-order valence-corrected chi connectivity index (χ2v) is 8.49. The summed E-state index contributed by atoms with van der Waals surface area (Å²) in [5, 5.41) is 0.639. The first-order valence-corrected chi connectivity index (χ1v) is 11.1. The largest absolute Gasteiger partial charge is 0.490 e. The zero-order valence-electron chi connectivity index (χ0n) is 18.1. The molecule has 3 aromatic rings. The lowest BCUT2D eigenvalue weighted by Gasteiger charge is -2.16. The Morgan fingerprint density at radius 3 is 2.19 bits per heavy atom. The number of hydrogen-bond acceptors (Lipinski definition) is 4. The molecule has 1 saturated heterocycles. The highest BCUT2D eigenvalue weighted by Gasteiger charge is 2.34. The minimum absolute atomic E-state index is 0.0864. The molecule has 0 atom stereocenters. The molecule has 0 aliphatic carbocycles. The van der Waals surface area contributed by atoms with E-state index in [1.165, 1.54) is 17.3 Å². The number of aliphatic imine (C=N–C) groups is 1. The van der Waals surface area contributed by atoms with E-state index in [4.69, 9.17) is 9.73 Å². The van der Waals surface area contributed by atoms with Crippen LogP contribution in [-0.2, 0) is 4.79 Å². The fourth-order valence-electron chi connectivity index (χ4n) is 3.17. The molecule has 1 aliphatic rings. The number of nitrogens with zero attached hydrogens (tertiary/aromatic N) is 2. The Hall–Kier alpha value is -3.57. The molecular formula is C27H24N2O2S. The van der Waals surface area contributed by atoms with Gasteiger partial charge in [0.1, 0.15) is 12.4 Å². The van der Waals surface area contributed by atoms with Crippen LogP contribution >= 0.6 is 11.8 Å². The van der Waals surface area contributed by atoms with Crippen molar-refractivity contribution in [3.05, 3.63) is 107 Å². The van der Waals surface area contributed by atoms with Gasteiger partial charge in [0.2, 0.25) is 0 Å². The maximum atomic E-state index is 13.4. The van der Waals surface area contributed by atoms with Gasteiger partial charge in [-0.05, 0) is 73.6 Å². The number of thioether (sulfide) groups is 1. The van der Waals surface area contributed by atoms with Crippen LogP contribution in [0.1, 0.15) is 16.7 Å². The van der Waals surface area contributed by atoms with Gasteiger partial charge in [-0.3, -0.25) is 9.69 Å². The zero-order valence-corrected chi connectivity index (χ0v) is 18.9. The van der Waals surface area contributed by atoms with Crippen molar-refractivity contribution < 1.29 is 9.53 Å². The summed E-state index contributed by atoms with van der Waals surface area (Å²) in [7, 11) is 0. The van der Waals surface area contributed by atoms with Gasteiger partial charge in [-0.25, -0.2) is 4.99 Å². The van der Waals surface area contributed by atoms with E-state index >= 15 is 0 Å². The average molecular weight is 441 g/mol. The Kier molecular flexibility index (Phi) is 6.57. The number of carbonyl (C=O) groups is 1. The first-order valence-electron chi connectivity index (χ1n) is 10.3. The van der Waals surface area contributed by atoms with E-state index in [2.05, 4.69) is 6.58 Å². The van der Waals surface area contributed by atoms with Crippen LogP contribution in [0.15, 0.2) is 95.3 Å². The van der Waals surface area contributed by atoms with E-state index in [9.17, 15) is 4.79 Å². The lowest BCUT2D eigenvalue weighted by molar-refractivity contribution is -0.113. The van der Waals surface area contributed by atoms with E-state index in [-0.39, 0.29) is 5.91 Å². The molecule has 0 radical (unpaired) electrons. The number of carbonyl (C=O) groups excluding carboxylic acids is 1. The summed E-state index contributed by atoms with van der Waals surface area (Å²) in [5.41, 5.74) is 4.84. The summed E-state index contributed by atoms with van der Waals surface area (Å²) in [4.78, 5) is 20.5. The van der Waals surface area contributed by atoms with Crippen LogP contribution < -0.4 is 9.64 Å². The molecule has 32 heavy (non-hydrogen) atoms. The molecule has 160 valence electrons. The highest BCUT2D eigenvalue weighted by Crippen LogP contribution is 2.37. The maximum Gasteiger partial charge on any atom is 0.271 e. The van der Waals surface area contributed by atoms with Crippen molar-refractivity contribution in [1.82, 2.24) is 0 Å². The van der Waals surface area contributed by atoms with Gasteiger partial charge in [0.15, 0.2) is 5.17 Å². The number of rotatable bonds is 6. The summed E-state index contributed by atoms with van der Waals surface area (Å²) >= 11 is 1.38. The summed E-state index contributed by atoms with van der Waals surface area (Å²) < 4.78 is 5.54. The third kappa shape index (κ3) is 5.01. The standard InChI is InChI=1S/C27H24N2O2S/c1-4-17-31-24-15-9-21(10-16-24)18-25-26(30)29(23-13-7-20(3)8-14-23)27(32-25)28-22-11-5-19(2)6-12-22/h4-16,18H,1,17H2,2-3H3/b25-18+,28-27?. The van der Waals surface area contributed by atoms with Crippen LogP contribution in [0.2, 0.25) is 0 Å². The van der Waals surface area contributed by atoms with Crippen molar-refractivity contribution in [3.63, 3.8) is 0 Å². The van der Waals surface area contributed by atoms with Gasteiger partial charge in [-0.2, -0.15) is 0 Å². The zero-order chi connectivity index (χ0) is 22.5. The van der Waals surface area contributed by atoms with E-state index in [0.29, 0.717) is 16.7 Å². The van der Waals surface area contributed by atoms with Crippen LogP contribution in [0, 0.1) is 13.8 Å². The van der Waals surface area contributed by atoms with Gasteiger partial charge < -0.3 is 4.74 Å². The predicted octanol–water partition coefficient (Wildman–Crippen LogP) is 6.68. The third-order valence-electron chi connectivity index (χ3n) is 4.90. The second-order valence-electron chi connectivity index (χ2n) is 7.49. The van der Waals surface area contributed by atoms with Crippen LogP contribution in [0.5, 0.6) is 5.75 Å². The van der Waals surface area contributed by atoms with E-state index in [0.717, 1.165) is 28.3 Å². The number of amides is 1. The number of aryl methyl sites for hydroxylation is 2. The van der Waals surface area contributed by atoms with E-state index in [1.54, 1.807) is 11.0 Å². The van der Waals surface area contributed by atoms with Crippen molar-refractivity contribution >= 4 is 40.3 Å². The van der Waals surface area contributed by atoms with Gasteiger partial charge in [0.25, 0.3) is 5.91 Å². The van der Waals surface area contributed by atoms with Crippen LogP contribution in [0.25, 0.3) is 6.08 Å². The van der Waals surface area contributed by atoms with Crippen molar-refractivity contribution in [2.75, 3.05) is 11.5 Å². The number of amidine groups is 1. The highest BCUT2D eigenvalue weighted by molar-refractivity contribution is 8.19. The monoisotopic (exact) mass is 440 g/mol. The van der Waals surface area contributed by atoms with Crippen molar-refractivity contribution in [2.45, 2.75) is 13.8 Å². The van der Waals surface area contributed by atoms with E-state index < -0.39 is 0 Å². The molecule has 1 aliphatic heterocycles. The molecule has 1 fully saturated rings. The SMILES string of the molecule is C=CCOc1ccc(/C=C2/SC(=Nc3ccc(C)cc3)N(c3ccc(C)cc3)C2=O)cc1. The number of hydrogen-bond donors (Lipinski definition) is 0. The average Bonchev–Trinajstić information content (AvgIpc) is 3.10. The molecule has 3 aromatic carbocycles. The van der Waals surface area contributed by atoms with Gasteiger partial charge in [0, 0.05) is 0 Å². The molecule has 0 aromatic heterocycles. The number of anilines is 1. The normalized spacial score (nSPS) is 16.1. The molecule has 0 spiro atoms. The molecule has 5 heteroatoms. The van der Waals surface area contributed by atoms with Crippen molar-refractivity contribution in [3.8, 4) is 5.75 Å². The molecule has 0 saturated carbocycles. The first kappa shape index (κ1) is 21.7. The van der Waals surface area contributed by atoms with Crippen LogP contribution in [-0.4, -0.2) is 17.7 Å². The lowest BCUT2D eigenvalue weighted by Crippen LogP contribution is -2.28. The smallest absolute Gasteiger partial charge is 0.271 e. The minimum atomic E-state index is -0.0864. The maximum absolute atomic E-state index is 13.4. The molecule has 1 amide bonds. The molecule has 0 unspecified atom stereocenters. The second kappa shape index (κ2) is 9.71. The van der Waals surface area contributed by atoms with Gasteiger partial charge in [-0.15, -0.1) is 0 Å². The molecule has 1 heterocycles. The summed E-state index contributed by atoms with van der Waals surface area (Å²) in [6, 6.07) is 23.5. The Morgan fingerprint density at radius 1 is 0.938 bits per heavy atom. The fourth-order valence-corrected chi connectivity index (χ4v) is 4.17. The summed E-state index contributed by atoms with van der Waals surface area (Å²) in [6.45, 7) is 8.18. The van der Waals surface area contributed by atoms with Gasteiger partial charge in [-0.1, -0.05) is 60.2 Å². The number of ether oxygens (including phenoxy) is 1. The highest BCUT2D eigenvalue weighted by atomic mass is 32.2.